The van der Waals surface area contributed by atoms with Gasteiger partial charge in [0, 0.05) is 28.1 Å². The van der Waals surface area contributed by atoms with Crippen molar-refractivity contribution in [3.05, 3.63) is 74.4 Å². The minimum atomic E-state index is -0.0427. The molecule has 7 heteroatoms. The van der Waals surface area contributed by atoms with Crippen LogP contribution in [0.1, 0.15) is 34.8 Å². The summed E-state index contributed by atoms with van der Waals surface area (Å²) in [6.45, 7) is 7.53. The van der Waals surface area contributed by atoms with Crippen molar-refractivity contribution >= 4 is 40.2 Å². The van der Waals surface area contributed by atoms with Crippen molar-refractivity contribution in [1.82, 2.24) is 14.9 Å². The van der Waals surface area contributed by atoms with E-state index in [-0.39, 0.29) is 5.91 Å². The van der Waals surface area contributed by atoms with Gasteiger partial charge in [0.2, 0.25) is 0 Å². The molecule has 0 saturated heterocycles. The number of carbonyl (C=O) groups excluding carboxylic acids is 1. The lowest BCUT2D eigenvalue weighted by Crippen LogP contribution is -2.27. The lowest BCUT2D eigenvalue weighted by molar-refractivity contribution is 0.0948. The Balaban J connectivity index is 1.75. The summed E-state index contributed by atoms with van der Waals surface area (Å²) in [4.78, 5) is 19.0. The molecule has 0 aliphatic carbocycles. The van der Waals surface area contributed by atoms with Crippen molar-refractivity contribution < 1.29 is 4.79 Å². The van der Waals surface area contributed by atoms with E-state index in [1.165, 1.54) is 4.88 Å². The van der Waals surface area contributed by atoms with Gasteiger partial charge in [-0.25, -0.2) is 4.98 Å². The number of thiophene rings is 1. The molecule has 0 aliphatic heterocycles. The van der Waals surface area contributed by atoms with Crippen LogP contribution in [0.2, 0.25) is 5.02 Å². The molecular weight excluding hydrogens is 446 g/mol. The first kappa shape index (κ1) is 21.8. The Hall–Kier alpha value is -2.41. The third-order valence-electron chi connectivity index (χ3n) is 5.05. The second-order valence-corrected chi connectivity index (χ2v) is 10.1. The van der Waals surface area contributed by atoms with Gasteiger partial charge < -0.3 is 9.88 Å². The van der Waals surface area contributed by atoms with Crippen LogP contribution in [-0.2, 0) is 6.54 Å². The van der Waals surface area contributed by atoms with Crippen LogP contribution in [0.3, 0.4) is 0 Å². The molecule has 0 saturated carbocycles. The molecule has 1 amide bonds. The molecule has 0 aliphatic rings. The Morgan fingerprint density at radius 3 is 2.71 bits per heavy atom. The number of nitrogens with one attached hydrogen (secondary N) is 1. The highest BCUT2D eigenvalue weighted by Gasteiger charge is 2.21. The Kier molecular flexibility index (Phi) is 6.60. The van der Waals surface area contributed by atoms with Crippen molar-refractivity contribution in [3.8, 4) is 22.0 Å². The molecule has 160 valence electrons. The van der Waals surface area contributed by atoms with Gasteiger partial charge in [-0.3, -0.25) is 4.79 Å². The lowest BCUT2D eigenvalue weighted by atomic mass is 10.2. The SMILES string of the molecule is Cc1c(C(=O)NCC(C)C)cc(-c2csc(-c3ccccc3Cl)n2)n1Cc1cccs1. The standard InChI is InChI=1S/C24H24ClN3OS2/c1-15(2)12-26-23(29)19-11-22(28(16(19)3)13-17-7-6-10-30-17)21-14-31-24(27-21)18-8-4-5-9-20(18)25/h4-11,14-15H,12-13H2,1-3H3,(H,26,29). The van der Waals surface area contributed by atoms with E-state index in [0.29, 0.717) is 29.6 Å². The fourth-order valence-electron chi connectivity index (χ4n) is 3.39. The summed E-state index contributed by atoms with van der Waals surface area (Å²) in [5, 5.41) is 8.70. The predicted molar refractivity (Wildman–Crippen MR) is 131 cm³/mol. The second kappa shape index (κ2) is 9.39. The smallest absolute Gasteiger partial charge is 0.253 e. The molecule has 0 unspecified atom stereocenters. The van der Waals surface area contributed by atoms with Crippen LogP contribution in [0.4, 0.5) is 0 Å². The van der Waals surface area contributed by atoms with Crippen LogP contribution in [-0.4, -0.2) is 22.0 Å². The number of rotatable bonds is 7. The summed E-state index contributed by atoms with van der Waals surface area (Å²) >= 11 is 9.65. The molecule has 1 N–H and O–H groups in total. The normalized spacial score (nSPS) is 11.3. The number of amides is 1. The zero-order valence-electron chi connectivity index (χ0n) is 17.7. The first-order valence-electron chi connectivity index (χ1n) is 10.2. The molecule has 0 spiro atoms. The van der Waals surface area contributed by atoms with E-state index in [4.69, 9.17) is 16.6 Å². The van der Waals surface area contributed by atoms with Crippen LogP contribution in [0, 0.1) is 12.8 Å². The molecule has 4 aromatic rings. The predicted octanol–water partition coefficient (Wildman–Crippen LogP) is 6.74. The van der Waals surface area contributed by atoms with E-state index < -0.39 is 0 Å². The fourth-order valence-corrected chi connectivity index (χ4v) is 5.22. The molecule has 0 radical (unpaired) electrons. The Morgan fingerprint density at radius 1 is 1.19 bits per heavy atom. The number of thiazole rings is 1. The van der Waals surface area contributed by atoms with E-state index in [1.54, 1.807) is 22.7 Å². The highest BCUT2D eigenvalue weighted by molar-refractivity contribution is 7.13. The second-order valence-electron chi connectivity index (χ2n) is 7.82. The molecule has 3 heterocycles. The highest BCUT2D eigenvalue weighted by Crippen LogP contribution is 2.35. The highest BCUT2D eigenvalue weighted by atomic mass is 35.5. The molecule has 0 atom stereocenters. The van der Waals surface area contributed by atoms with Gasteiger partial charge in [-0.15, -0.1) is 22.7 Å². The zero-order valence-corrected chi connectivity index (χ0v) is 20.1. The van der Waals surface area contributed by atoms with Gasteiger partial charge in [0.1, 0.15) is 5.01 Å². The first-order valence-corrected chi connectivity index (χ1v) is 12.3. The molecule has 0 bridgehead atoms. The van der Waals surface area contributed by atoms with Crippen molar-refractivity contribution in [2.24, 2.45) is 5.92 Å². The van der Waals surface area contributed by atoms with E-state index in [0.717, 1.165) is 27.7 Å². The van der Waals surface area contributed by atoms with Gasteiger partial charge in [0.05, 0.1) is 28.5 Å². The first-order chi connectivity index (χ1) is 14.9. The monoisotopic (exact) mass is 469 g/mol. The number of halogens is 1. The molecular formula is C24H24ClN3OS2. The number of carbonyl (C=O) groups is 1. The van der Waals surface area contributed by atoms with Crippen molar-refractivity contribution in [1.29, 1.82) is 0 Å². The summed E-state index contributed by atoms with van der Waals surface area (Å²) in [7, 11) is 0. The topological polar surface area (TPSA) is 46.9 Å². The van der Waals surface area contributed by atoms with Gasteiger partial charge in [0.15, 0.2) is 0 Å². The average Bonchev–Trinajstić information content (AvgIpc) is 3.49. The number of hydrogen-bond acceptors (Lipinski definition) is 4. The Labute approximate surface area is 195 Å². The molecule has 4 nitrogen and oxygen atoms in total. The molecule has 1 aromatic carbocycles. The molecule has 3 aromatic heterocycles. The third-order valence-corrected chi connectivity index (χ3v) is 7.11. The van der Waals surface area contributed by atoms with E-state index in [1.807, 2.05) is 48.7 Å². The summed E-state index contributed by atoms with van der Waals surface area (Å²) in [5.41, 5.74) is 4.34. The minimum Gasteiger partial charge on any atom is -0.352 e. The van der Waals surface area contributed by atoms with Crippen molar-refractivity contribution in [2.45, 2.75) is 27.3 Å². The van der Waals surface area contributed by atoms with E-state index >= 15 is 0 Å². The molecule has 31 heavy (non-hydrogen) atoms. The number of hydrogen-bond donors (Lipinski definition) is 1. The van der Waals surface area contributed by atoms with Gasteiger partial charge >= 0.3 is 0 Å². The maximum absolute atomic E-state index is 12.9. The summed E-state index contributed by atoms with van der Waals surface area (Å²) in [6.07, 6.45) is 0. The maximum Gasteiger partial charge on any atom is 0.253 e. The van der Waals surface area contributed by atoms with Gasteiger partial charge in [-0.05, 0) is 36.4 Å². The summed E-state index contributed by atoms with van der Waals surface area (Å²) < 4.78 is 2.18. The largest absolute Gasteiger partial charge is 0.352 e. The van der Waals surface area contributed by atoms with E-state index in [2.05, 4.69) is 35.2 Å². The fraction of sp³-hybridized carbons (Fsp3) is 0.250. The molecule has 4 rings (SSSR count). The number of benzene rings is 1. The Bertz CT molecular complexity index is 1190. The van der Waals surface area contributed by atoms with Gasteiger partial charge in [-0.2, -0.15) is 0 Å². The zero-order chi connectivity index (χ0) is 22.0. The van der Waals surface area contributed by atoms with E-state index in [9.17, 15) is 4.79 Å². The quantitative estimate of drug-likeness (QED) is 0.326. The average molecular weight is 470 g/mol. The Morgan fingerprint density at radius 2 is 2.00 bits per heavy atom. The summed E-state index contributed by atoms with van der Waals surface area (Å²) in [5.74, 6) is 0.354. The molecule has 0 fully saturated rings. The van der Waals surface area contributed by atoms with Crippen molar-refractivity contribution in [3.63, 3.8) is 0 Å². The van der Waals surface area contributed by atoms with Crippen LogP contribution < -0.4 is 5.32 Å². The van der Waals surface area contributed by atoms with Crippen LogP contribution in [0.15, 0.2) is 53.2 Å². The van der Waals surface area contributed by atoms with Gasteiger partial charge in [-0.1, -0.05) is 49.7 Å². The van der Waals surface area contributed by atoms with Crippen LogP contribution in [0.5, 0.6) is 0 Å². The van der Waals surface area contributed by atoms with Crippen LogP contribution in [0.25, 0.3) is 22.0 Å². The van der Waals surface area contributed by atoms with Crippen molar-refractivity contribution in [2.75, 3.05) is 6.54 Å². The maximum atomic E-state index is 12.9. The number of nitrogens with zero attached hydrogens (tertiary/aromatic N) is 2. The lowest BCUT2D eigenvalue weighted by Gasteiger charge is -2.10. The summed E-state index contributed by atoms with van der Waals surface area (Å²) in [6, 6.07) is 13.9. The van der Waals surface area contributed by atoms with Crippen LogP contribution >= 0.6 is 34.3 Å². The number of aromatic nitrogens is 2. The minimum absolute atomic E-state index is 0.0427. The van der Waals surface area contributed by atoms with Gasteiger partial charge in [0.25, 0.3) is 5.91 Å². The third kappa shape index (κ3) is 4.76.